The van der Waals surface area contributed by atoms with Crippen molar-refractivity contribution in [3.63, 3.8) is 0 Å². The molecule has 10 nitrogen and oxygen atoms in total. The number of amides is 1. The highest BCUT2D eigenvalue weighted by molar-refractivity contribution is 7.89. The molecule has 1 aromatic heterocycles. The molecule has 1 aliphatic rings. The summed E-state index contributed by atoms with van der Waals surface area (Å²) in [6.45, 7) is 0.557. The van der Waals surface area contributed by atoms with Gasteiger partial charge in [0.05, 0.1) is 15.8 Å². The largest absolute Gasteiger partial charge is 0.470 e. The van der Waals surface area contributed by atoms with Crippen molar-refractivity contribution < 1.29 is 17.9 Å². The molecule has 2 aromatic carbocycles. The summed E-state index contributed by atoms with van der Waals surface area (Å²) < 4.78 is 33.4. The standard InChI is InChI=1S/C19H19N5O5S/c20-18(25)15-11-13(30(27,28)23-9-3-4-10-23)7-8-17(15)29-12-24-19(26)14-5-1-2-6-16(14)21-22-24/h1-2,5-8,11H,3-4,9-10,12H2,(H2,20,25). The van der Waals surface area contributed by atoms with Crippen LogP contribution in [0.15, 0.2) is 52.2 Å². The fourth-order valence-electron chi connectivity index (χ4n) is 3.30. The Hall–Kier alpha value is -3.31. The predicted molar refractivity (Wildman–Crippen MR) is 107 cm³/mol. The molecule has 11 heteroatoms. The molecule has 0 radical (unpaired) electrons. The molecule has 0 saturated carbocycles. The Balaban J connectivity index is 1.63. The number of hydrogen-bond acceptors (Lipinski definition) is 7. The summed E-state index contributed by atoms with van der Waals surface area (Å²) in [6.07, 6.45) is 1.59. The fraction of sp³-hybridized carbons (Fsp3) is 0.263. The minimum absolute atomic E-state index is 0.0341. The second kappa shape index (κ2) is 7.84. The highest BCUT2D eigenvalue weighted by atomic mass is 32.2. The van der Waals surface area contributed by atoms with Crippen molar-refractivity contribution in [1.82, 2.24) is 19.3 Å². The molecule has 1 aliphatic heterocycles. The average molecular weight is 429 g/mol. The maximum atomic E-state index is 12.7. The second-order valence-electron chi connectivity index (χ2n) is 6.82. The van der Waals surface area contributed by atoms with Crippen molar-refractivity contribution >= 4 is 26.8 Å². The number of rotatable bonds is 6. The van der Waals surface area contributed by atoms with Crippen LogP contribution in [-0.2, 0) is 16.8 Å². The highest BCUT2D eigenvalue weighted by Crippen LogP contribution is 2.26. The van der Waals surface area contributed by atoms with Crippen LogP contribution in [0, 0.1) is 0 Å². The van der Waals surface area contributed by atoms with E-state index in [4.69, 9.17) is 10.5 Å². The first-order valence-corrected chi connectivity index (χ1v) is 10.7. The first-order valence-electron chi connectivity index (χ1n) is 9.27. The Kier molecular flexibility index (Phi) is 5.22. The topological polar surface area (TPSA) is 137 Å². The molecule has 1 saturated heterocycles. The zero-order chi connectivity index (χ0) is 21.3. The van der Waals surface area contributed by atoms with Crippen LogP contribution in [0.1, 0.15) is 23.2 Å². The van der Waals surface area contributed by atoms with Crippen molar-refractivity contribution in [3.05, 3.63) is 58.4 Å². The smallest absolute Gasteiger partial charge is 0.280 e. The lowest BCUT2D eigenvalue weighted by molar-refractivity contribution is 0.0993. The quantitative estimate of drug-likeness (QED) is 0.609. The van der Waals surface area contributed by atoms with E-state index in [1.165, 1.54) is 22.5 Å². The van der Waals surface area contributed by atoms with Gasteiger partial charge in [-0.1, -0.05) is 17.3 Å². The number of benzene rings is 2. The van der Waals surface area contributed by atoms with Gasteiger partial charge in [-0.05, 0) is 43.2 Å². The maximum Gasteiger partial charge on any atom is 0.280 e. The maximum absolute atomic E-state index is 12.7. The van der Waals surface area contributed by atoms with E-state index in [1.54, 1.807) is 24.3 Å². The molecule has 2 heterocycles. The summed E-state index contributed by atoms with van der Waals surface area (Å²) >= 11 is 0. The van der Waals surface area contributed by atoms with Gasteiger partial charge < -0.3 is 10.5 Å². The number of nitrogens with zero attached hydrogens (tertiary/aromatic N) is 4. The van der Waals surface area contributed by atoms with Crippen molar-refractivity contribution in [2.75, 3.05) is 13.1 Å². The molecular weight excluding hydrogens is 410 g/mol. The third-order valence-corrected chi connectivity index (χ3v) is 6.79. The van der Waals surface area contributed by atoms with Crippen LogP contribution in [0.3, 0.4) is 0 Å². The third-order valence-electron chi connectivity index (χ3n) is 4.89. The number of ether oxygens (including phenoxy) is 1. The lowest BCUT2D eigenvalue weighted by Crippen LogP contribution is -2.28. The molecule has 30 heavy (non-hydrogen) atoms. The number of carbonyl (C=O) groups excluding carboxylic acids is 1. The van der Waals surface area contributed by atoms with Crippen LogP contribution in [0.2, 0.25) is 0 Å². The molecule has 1 fully saturated rings. The SMILES string of the molecule is NC(=O)c1cc(S(=O)(=O)N2CCCC2)ccc1OCn1nnc2ccccc2c1=O. The van der Waals surface area contributed by atoms with Crippen molar-refractivity contribution in [1.29, 1.82) is 0 Å². The molecule has 4 rings (SSSR count). The molecule has 3 aromatic rings. The Morgan fingerprint density at radius 2 is 1.87 bits per heavy atom. The van der Waals surface area contributed by atoms with Crippen molar-refractivity contribution in [2.45, 2.75) is 24.5 Å². The van der Waals surface area contributed by atoms with Crippen LogP contribution in [0.4, 0.5) is 0 Å². The van der Waals surface area contributed by atoms with Crippen molar-refractivity contribution in [2.24, 2.45) is 5.73 Å². The molecule has 156 valence electrons. The average Bonchev–Trinajstić information content (AvgIpc) is 3.29. The number of hydrogen-bond donors (Lipinski definition) is 1. The van der Waals surface area contributed by atoms with E-state index in [-0.39, 0.29) is 22.9 Å². The minimum atomic E-state index is -3.72. The van der Waals surface area contributed by atoms with Crippen LogP contribution >= 0.6 is 0 Å². The van der Waals surface area contributed by atoms with Gasteiger partial charge >= 0.3 is 0 Å². The van der Waals surface area contributed by atoms with E-state index in [0.717, 1.165) is 17.5 Å². The van der Waals surface area contributed by atoms with E-state index in [1.807, 2.05) is 0 Å². The number of aromatic nitrogens is 3. The van der Waals surface area contributed by atoms with Gasteiger partial charge in [-0.2, -0.15) is 8.99 Å². The van der Waals surface area contributed by atoms with Crippen LogP contribution in [-0.4, -0.2) is 46.7 Å². The van der Waals surface area contributed by atoms with Crippen LogP contribution in [0.5, 0.6) is 5.75 Å². The Morgan fingerprint density at radius 3 is 2.60 bits per heavy atom. The minimum Gasteiger partial charge on any atom is -0.470 e. The van der Waals surface area contributed by atoms with Crippen molar-refractivity contribution in [3.8, 4) is 5.75 Å². The Labute approximate surface area is 171 Å². The van der Waals surface area contributed by atoms with Gasteiger partial charge in [-0.15, -0.1) is 5.10 Å². The van der Waals surface area contributed by atoms with Gasteiger partial charge in [0.25, 0.3) is 11.5 Å². The zero-order valence-corrected chi connectivity index (χ0v) is 16.7. The molecule has 1 amide bonds. The lowest BCUT2D eigenvalue weighted by Gasteiger charge is -2.17. The van der Waals surface area contributed by atoms with Crippen LogP contribution < -0.4 is 16.0 Å². The highest BCUT2D eigenvalue weighted by Gasteiger charge is 2.28. The monoisotopic (exact) mass is 429 g/mol. The molecular formula is C19H19N5O5S. The number of fused-ring (bicyclic) bond motifs is 1. The summed E-state index contributed by atoms with van der Waals surface area (Å²) in [5.41, 5.74) is 5.37. The summed E-state index contributed by atoms with van der Waals surface area (Å²) in [7, 11) is -3.72. The molecule has 0 aliphatic carbocycles. The van der Waals surface area contributed by atoms with Gasteiger partial charge in [0.1, 0.15) is 11.3 Å². The Morgan fingerprint density at radius 1 is 1.13 bits per heavy atom. The van der Waals surface area contributed by atoms with E-state index in [9.17, 15) is 18.0 Å². The number of primary amides is 1. The number of nitrogens with two attached hydrogens (primary N) is 1. The summed E-state index contributed by atoms with van der Waals surface area (Å²) in [6, 6.07) is 10.6. The second-order valence-corrected chi connectivity index (χ2v) is 8.76. The van der Waals surface area contributed by atoms with E-state index >= 15 is 0 Å². The van der Waals surface area contributed by atoms with E-state index < -0.39 is 21.5 Å². The molecule has 0 atom stereocenters. The summed E-state index contributed by atoms with van der Waals surface area (Å²) in [5.74, 6) is -0.801. The first-order chi connectivity index (χ1) is 14.4. The molecule has 0 unspecified atom stereocenters. The Bertz CT molecular complexity index is 1280. The summed E-state index contributed by atoms with van der Waals surface area (Å²) in [4.78, 5) is 24.4. The van der Waals surface area contributed by atoms with E-state index in [0.29, 0.717) is 24.0 Å². The van der Waals surface area contributed by atoms with Crippen LogP contribution in [0.25, 0.3) is 10.9 Å². The van der Waals surface area contributed by atoms with Gasteiger partial charge in [0, 0.05) is 13.1 Å². The normalized spacial score (nSPS) is 14.8. The third kappa shape index (κ3) is 3.64. The zero-order valence-electron chi connectivity index (χ0n) is 15.9. The lowest BCUT2D eigenvalue weighted by atomic mass is 10.2. The number of sulfonamides is 1. The number of carbonyl (C=O) groups is 1. The first kappa shape index (κ1) is 20.0. The van der Waals surface area contributed by atoms with Gasteiger partial charge in [0.2, 0.25) is 10.0 Å². The van der Waals surface area contributed by atoms with Gasteiger partial charge in [-0.25, -0.2) is 8.42 Å². The summed E-state index contributed by atoms with van der Waals surface area (Å²) in [5, 5.41) is 8.15. The van der Waals surface area contributed by atoms with Gasteiger partial charge in [0.15, 0.2) is 6.73 Å². The fourth-order valence-corrected chi connectivity index (χ4v) is 4.85. The molecule has 0 bridgehead atoms. The van der Waals surface area contributed by atoms with E-state index in [2.05, 4.69) is 10.3 Å². The van der Waals surface area contributed by atoms with Gasteiger partial charge in [-0.3, -0.25) is 9.59 Å². The molecule has 2 N–H and O–H groups in total. The predicted octanol–water partition coefficient (Wildman–Crippen LogP) is 0.711. The molecule has 0 spiro atoms.